The van der Waals surface area contributed by atoms with E-state index in [2.05, 4.69) is 4.72 Å². The Hall–Kier alpha value is -0.820. The lowest BCUT2D eigenvalue weighted by Gasteiger charge is -2.10. The number of rotatable bonds is 6. The zero-order valence-electron chi connectivity index (χ0n) is 10.1. The van der Waals surface area contributed by atoms with E-state index in [1.807, 2.05) is 6.92 Å². The van der Waals surface area contributed by atoms with Crippen LogP contribution in [-0.4, -0.2) is 26.2 Å². The molecule has 0 radical (unpaired) electrons. The van der Waals surface area contributed by atoms with Crippen molar-refractivity contribution in [2.24, 2.45) is 0 Å². The molecule has 0 saturated carbocycles. The van der Waals surface area contributed by atoms with Crippen LogP contribution in [0.4, 0.5) is 5.69 Å². The summed E-state index contributed by atoms with van der Waals surface area (Å²) in [7, 11) is -3.60. The zero-order valence-corrected chi connectivity index (χ0v) is 11.6. The first-order chi connectivity index (χ1) is 8.36. The second-order valence-corrected chi connectivity index (χ2v) is 6.11. The van der Waals surface area contributed by atoms with E-state index in [1.54, 1.807) is 0 Å². The summed E-state index contributed by atoms with van der Waals surface area (Å²) in [6.45, 7) is 2.01. The van der Waals surface area contributed by atoms with E-state index in [-0.39, 0.29) is 17.1 Å². The molecule has 18 heavy (non-hydrogen) atoms. The summed E-state index contributed by atoms with van der Waals surface area (Å²) < 4.78 is 26.1. The van der Waals surface area contributed by atoms with Crippen molar-refractivity contribution < 1.29 is 13.5 Å². The standard InChI is InChI=1S/C11H17ClN2O3S/c1-2-8(15)5-6-14-18(16,17)9-3-4-10(12)11(13)7-9/h3-4,7-8,14-15H,2,5-6,13H2,1H3. The van der Waals surface area contributed by atoms with Crippen molar-refractivity contribution in [2.45, 2.75) is 30.8 Å². The topological polar surface area (TPSA) is 92.4 Å². The molecule has 0 aliphatic heterocycles. The van der Waals surface area contributed by atoms with Crippen LogP contribution in [0.25, 0.3) is 0 Å². The van der Waals surface area contributed by atoms with Crippen molar-refractivity contribution in [1.29, 1.82) is 0 Å². The van der Waals surface area contributed by atoms with Gasteiger partial charge in [0.15, 0.2) is 0 Å². The number of nitrogens with one attached hydrogen (secondary N) is 1. The fourth-order valence-electron chi connectivity index (χ4n) is 1.34. The van der Waals surface area contributed by atoms with Crippen molar-refractivity contribution in [2.75, 3.05) is 12.3 Å². The Morgan fingerprint density at radius 1 is 1.50 bits per heavy atom. The molecule has 0 aliphatic rings. The monoisotopic (exact) mass is 292 g/mol. The minimum atomic E-state index is -3.60. The van der Waals surface area contributed by atoms with Crippen LogP contribution in [0.15, 0.2) is 23.1 Å². The van der Waals surface area contributed by atoms with Gasteiger partial charge in [0.05, 0.1) is 21.7 Å². The van der Waals surface area contributed by atoms with Crippen LogP contribution in [0, 0.1) is 0 Å². The number of sulfonamides is 1. The Morgan fingerprint density at radius 2 is 2.17 bits per heavy atom. The predicted octanol–water partition coefficient (Wildman–Crippen LogP) is 1.36. The second kappa shape index (κ2) is 6.38. The van der Waals surface area contributed by atoms with Crippen molar-refractivity contribution in [3.8, 4) is 0 Å². The third-order valence-electron chi connectivity index (χ3n) is 2.52. The van der Waals surface area contributed by atoms with Crippen molar-refractivity contribution >= 4 is 27.3 Å². The number of halogens is 1. The maximum Gasteiger partial charge on any atom is 0.240 e. The summed E-state index contributed by atoms with van der Waals surface area (Å²) in [5.41, 5.74) is 5.77. The minimum absolute atomic E-state index is 0.0652. The van der Waals surface area contributed by atoms with Crippen LogP contribution in [0.2, 0.25) is 5.02 Å². The number of anilines is 1. The first kappa shape index (κ1) is 15.2. The van der Waals surface area contributed by atoms with Crippen molar-refractivity contribution in [3.05, 3.63) is 23.2 Å². The van der Waals surface area contributed by atoms with Gasteiger partial charge in [-0.3, -0.25) is 0 Å². The van der Waals surface area contributed by atoms with Crippen LogP contribution in [0.1, 0.15) is 19.8 Å². The number of aliphatic hydroxyl groups is 1. The van der Waals surface area contributed by atoms with E-state index in [1.165, 1.54) is 18.2 Å². The number of nitrogen functional groups attached to an aromatic ring is 1. The summed E-state index contributed by atoms with van der Waals surface area (Å²) in [6, 6.07) is 4.13. The number of nitrogens with two attached hydrogens (primary N) is 1. The third-order valence-corrected chi connectivity index (χ3v) is 4.32. The molecule has 0 bridgehead atoms. The Labute approximate surface area is 112 Å². The highest BCUT2D eigenvalue weighted by molar-refractivity contribution is 7.89. The summed E-state index contributed by atoms with van der Waals surface area (Å²) in [5, 5.41) is 9.65. The molecule has 7 heteroatoms. The first-order valence-electron chi connectivity index (χ1n) is 5.59. The molecular weight excluding hydrogens is 276 g/mol. The molecule has 5 nitrogen and oxygen atoms in total. The summed E-state index contributed by atoms with van der Waals surface area (Å²) in [6.07, 6.45) is 0.469. The Kier molecular flexibility index (Phi) is 5.40. The normalized spacial score (nSPS) is 13.5. The lowest BCUT2D eigenvalue weighted by molar-refractivity contribution is 0.162. The first-order valence-corrected chi connectivity index (χ1v) is 7.45. The number of benzene rings is 1. The number of hydrogen-bond donors (Lipinski definition) is 3. The van der Waals surface area contributed by atoms with Gasteiger partial charge in [-0.1, -0.05) is 18.5 Å². The van der Waals surface area contributed by atoms with Gasteiger partial charge in [-0.2, -0.15) is 0 Å². The summed E-state index contributed by atoms with van der Waals surface area (Å²) >= 11 is 5.72. The van der Waals surface area contributed by atoms with Crippen molar-refractivity contribution in [3.63, 3.8) is 0 Å². The Bertz CT molecular complexity index is 505. The molecule has 4 N–H and O–H groups in total. The van der Waals surface area contributed by atoms with E-state index in [0.717, 1.165) is 0 Å². The maximum absolute atomic E-state index is 11.9. The maximum atomic E-state index is 11.9. The highest BCUT2D eigenvalue weighted by atomic mass is 35.5. The molecule has 1 atom stereocenters. The highest BCUT2D eigenvalue weighted by Crippen LogP contribution is 2.22. The van der Waals surface area contributed by atoms with E-state index < -0.39 is 16.1 Å². The van der Waals surface area contributed by atoms with Gasteiger partial charge in [-0.25, -0.2) is 13.1 Å². The molecule has 1 unspecified atom stereocenters. The average Bonchev–Trinajstić information content (AvgIpc) is 2.32. The average molecular weight is 293 g/mol. The van der Waals surface area contributed by atoms with Crippen LogP contribution >= 0.6 is 11.6 Å². The highest BCUT2D eigenvalue weighted by Gasteiger charge is 2.15. The van der Waals surface area contributed by atoms with Gasteiger partial charge in [0.25, 0.3) is 0 Å². The number of aliphatic hydroxyl groups excluding tert-OH is 1. The molecule has 0 amide bonds. The molecule has 0 saturated heterocycles. The lowest BCUT2D eigenvalue weighted by Crippen LogP contribution is -2.27. The fraction of sp³-hybridized carbons (Fsp3) is 0.455. The zero-order chi connectivity index (χ0) is 13.8. The molecule has 1 aromatic rings. The van der Waals surface area contributed by atoms with Crippen LogP contribution in [-0.2, 0) is 10.0 Å². The minimum Gasteiger partial charge on any atom is -0.397 e. The van der Waals surface area contributed by atoms with Crippen LogP contribution < -0.4 is 10.5 Å². The van der Waals surface area contributed by atoms with Gasteiger partial charge in [0, 0.05) is 6.54 Å². The quantitative estimate of drug-likeness (QED) is 0.690. The van der Waals surface area contributed by atoms with Crippen LogP contribution in [0.5, 0.6) is 0 Å². The Morgan fingerprint density at radius 3 is 2.72 bits per heavy atom. The molecule has 0 heterocycles. The van der Waals surface area contributed by atoms with Gasteiger partial charge < -0.3 is 10.8 Å². The van der Waals surface area contributed by atoms with E-state index in [9.17, 15) is 13.5 Å². The summed E-state index contributed by atoms with van der Waals surface area (Å²) in [5.74, 6) is 0. The molecule has 0 spiro atoms. The molecule has 0 fully saturated rings. The second-order valence-electron chi connectivity index (χ2n) is 3.93. The van der Waals surface area contributed by atoms with Gasteiger partial charge in [0.2, 0.25) is 10.0 Å². The molecule has 1 rings (SSSR count). The smallest absolute Gasteiger partial charge is 0.240 e. The van der Waals surface area contributed by atoms with Crippen molar-refractivity contribution in [1.82, 2.24) is 4.72 Å². The lowest BCUT2D eigenvalue weighted by atomic mass is 10.2. The molecule has 0 aliphatic carbocycles. The van der Waals surface area contributed by atoms with Gasteiger partial charge >= 0.3 is 0 Å². The predicted molar refractivity (Wildman–Crippen MR) is 72.0 cm³/mol. The molecule has 1 aromatic carbocycles. The molecule has 0 aromatic heterocycles. The fourth-order valence-corrected chi connectivity index (χ4v) is 2.54. The number of hydrogen-bond acceptors (Lipinski definition) is 4. The largest absolute Gasteiger partial charge is 0.397 e. The van der Waals surface area contributed by atoms with Gasteiger partial charge in [0.1, 0.15) is 0 Å². The van der Waals surface area contributed by atoms with E-state index >= 15 is 0 Å². The summed E-state index contributed by atoms with van der Waals surface area (Å²) in [4.78, 5) is 0.0652. The molecular formula is C11H17ClN2O3S. The van der Waals surface area contributed by atoms with E-state index in [4.69, 9.17) is 17.3 Å². The molecule has 102 valence electrons. The van der Waals surface area contributed by atoms with E-state index in [0.29, 0.717) is 17.9 Å². The van der Waals surface area contributed by atoms with Gasteiger partial charge in [-0.15, -0.1) is 0 Å². The van der Waals surface area contributed by atoms with Crippen LogP contribution in [0.3, 0.4) is 0 Å². The SMILES string of the molecule is CCC(O)CCNS(=O)(=O)c1ccc(Cl)c(N)c1. The Balaban J connectivity index is 2.71. The van der Waals surface area contributed by atoms with Gasteiger partial charge in [-0.05, 0) is 31.0 Å². The third kappa shape index (κ3) is 4.13.